The fourth-order valence-corrected chi connectivity index (χ4v) is 4.03. The van der Waals surface area contributed by atoms with E-state index in [0.717, 1.165) is 34.0 Å². The van der Waals surface area contributed by atoms with Crippen LogP contribution in [0.25, 0.3) is 0 Å². The summed E-state index contributed by atoms with van der Waals surface area (Å²) in [5, 5.41) is 11.0. The van der Waals surface area contributed by atoms with Gasteiger partial charge in [0.15, 0.2) is 0 Å². The summed E-state index contributed by atoms with van der Waals surface area (Å²) in [5.41, 5.74) is 1.89. The minimum atomic E-state index is -0.759. The summed E-state index contributed by atoms with van der Waals surface area (Å²) in [6.07, 6.45) is 3.29. The van der Waals surface area contributed by atoms with Crippen molar-refractivity contribution in [3.63, 3.8) is 0 Å². The molecule has 1 unspecified atom stereocenters. The first-order chi connectivity index (χ1) is 9.63. The van der Waals surface area contributed by atoms with Crippen molar-refractivity contribution in [1.82, 2.24) is 4.98 Å². The monoisotopic (exact) mass is 307 g/mol. The van der Waals surface area contributed by atoms with Gasteiger partial charge in [0.25, 0.3) is 0 Å². The Balaban J connectivity index is 1.87. The maximum Gasteiger partial charge on any atom is 0.312 e. The van der Waals surface area contributed by atoms with Gasteiger partial charge in [-0.25, -0.2) is 4.98 Å². The molecule has 0 radical (unpaired) electrons. The molecule has 0 saturated heterocycles. The van der Waals surface area contributed by atoms with E-state index in [1.165, 1.54) is 0 Å². The van der Waals surface area contributed by atoms with Crippen LogP contribution in [0.3, 0.4) is 0 Å². The van der Waals surface area contributed by atoms with Crippen molar-refractivity contribution >= 4 is 28.9 Å². The molecule has 1 aliphatic carbocycles. The van der Waals surface area contributed by atoms with E-state index in [2.05, 4.69) is 4.98 Å². The maximum atomic E-state index is 11.3. The quantitative estimate of drug-likeness (QED) is 0.936. The highest BCUT2D eigenvalue weighted by molar-refractivity contribution is 7.11. The molecule has 1 aromatic heterocycles. The largest absolute Gasteiger partial charge is 0.481 e. The number of aromatic nitrogens is 1. The lowest BCUT2D eigenvalue weighted by atomic mass is 9.91. The average molecular weight is 308 g/mol. The van der Waals surface area contributed by atoms with Gasteiger partial charge in [0.2, 0.25) is 0 Å². The zero-order valence-electron chi connectivity index (χ0n) is 10.8. The molecule has 2 aromatic rings. The molecular weight excluding hydrogens is 294 g/mol. The van der Waals surface area contributed by atoms with Crippen LogP contribution in [0.4, 0.5) is 0 Å². The van der Waals surface area contributed by atoms with Crippen molar-refractivity contribution < 1.29 is 9.90 Å². The van der Waals surface area contributed by atoms with Crippen LogP contribution in [-0.4, -0.2) is 16.1 Å². The molecule has 5 heteroatoms. The molecule has 0 aliphatic heterocycles. The van der Waals surface area contributed by atoms with Crippen LogP contribution in [0.2, 0.25) is 5.02 Å². The zero-order chi connectivity index (χ0) is 14.1. The number of aliphatic carboxylic acids is 1. The number of thiazole rings is 1. The number of carbonyl (C=O) groups is 1. The summed E-state index contributed by atoms with van der Waals surface area (Å²) < 4.78 is 0. The van der Waals surface area contributed by atoms with Crippen molar-refractivity contribution in [1.29, 1.82) is 0 Å². The second-order valence-electron chi connectivity index (χ2n) is 5.01. The third-order valence-corrected chi connectivity index (χ3v) is 4.91. The lowest BCUT2D eigenvalue weighted by Gasteiger charge is -2.16. The normalized spacial score (nSPS) is 17.8. The van der Waals surface area contributed by atoms with Gasteiger partial charge in [0, 0.05) is 16.3 Å². The summed E-state index contributed by atoms with van der Waals surface area (Å²) in [6.45, 7) is 0. The van der Waals surface area contributed by atoms with Gasteiger partial charge in [0.05, 0.1) is 16.6 Å². The van der Waals surface area contributed by atoms with Crippen molar-refractivity contribution in [3.8, 4) is 0 Å². The lowest BCUT2D eigenvalue weighted by molar-refractivity contribution is -0.139. The van der Waals surface area contributed by atoms with E-state index in [-0.39, 0.29) is 0 Å². The summed E-state index contributed by atoms with van der Waals surface area (Å²) in [6, 6.07) is 7.71. The molecular formula is C15H14ClNO2S. The Bertz CT molecular complexity index is 653. The molecule has 0 saturated carbocycles. The number of hydrogen-bond donors (Lipinski definition) is 1. The molecule has 1 N–H and O–H groups in total. The minimum absolute atomic E-state index is 0.428. The maximum absolute atomic E-state index is 11.3. The highest BCUT2D eigenvalue weighted by Crippen LogP contribution is 2.35. The van der Waals surface area contributed by atoms with Gasteiger partial charge in [-0.05, 0) is 37.0 Å². The van der Waals surface area contributed by atoms with E-state index in [4.69, 9.17) is 11.6 Å². The molecule has 1 heterocycles. The number of aryl methyl sites for hydroxylation is 1. The first kappa shape index (κ1) is 13.6. The van der Waals surface area contributed by atoms with Gasteiger partial charge in [0.1, 0.15) is 0 Å². The molecule has 3 rings (SSSR count). The number of benzene rings is 1. The number of halogens is 1. The first-order valence-electron chi connectivity index (χ1n) is 6.59. The van der Waals surface area contributed by atoms with Crippen LogP contribution in [0, 0.1) is 0 Å². The summed E-state index contributed by atoms with van der Waals surface area (Å²) in [4.78, 5) is 17.0. The number of rotatable bonds is 3. The zero-order valence-corrected chi connectivity index (χ0v) is 12.4. The fourth-order valence-electron chi connectivity index (χ4n) is 2.61. The van der Waals surface area contributed by atoms with Crippen molar-refractivity contribution in [3.05, 3.63) is 50.4 Å². The fraction of sp³-hybridized carbons (Fsp3) is 0.333. The minimum Gasteiger partial charge on any atom is -0.481 e. The molecule has 1 atom stereocenters. The smallest absolute Gasteiger partial charge is 0.312 e. The summed E-state index contributed by atoms with van der Waals surface area (Å²) >= 11 is 7.62. The van der Waals surface area contributed by atoms with E-state index >= 15 is 0 Å². The second-order valence-corrected chi connectivity index (χ2v) is 6.61. The molecule has 3 nitrogen and oxygen atoms in total. The van der Waals surface area contributed by atoms with Crippen molar-refractivity contribution in [2.45, 2.75) is 31.6 Å². The van der Waals surface area contributed by atoms with Crippen LogP contribution in [0.1, 0.15) is 39.9 Å². The Morgan fingerprint density at radius 1 is 1.50 bits per heavy atom. The number of carboxylic acids is 1. The molecule has 104 valence electrons. The Morgan fingerprint density at radius 2 is 2.35 bits per heavy atom. The predicted molar refractivity (Wildman–Crippen MR) is 79.7 cm³/mol. The Morgan fingerprint density at radius 3 is 3.10 bits per heavy atom. The van der Waals surface area contributed by atoms with Crippen molar-refractivity contribution in [2.75, 3.05) is 0 Å². The predicted octanol–water partition coefficient (Wildman–Crippen LogP) is 3.89. The van der Waals surface area contributed by atoms with E-state index in [9.17, 15) is 9.90 Å². The SMILES string of the molecule is O=C(O)C1CCCc2sc(Cc3cccc(Cl)c3)nc21. The number of nitrogens with zero attached hydrogens (tertiary/aromatic N) is 1. The molecule has 1 aromatic carbocycles. The number of hydrogen-bond acceptors (Lipinski definition) is 3. The second kappa shape index (κ2) is 5.54. The highest BCUT2D eigenvalue weighted by Gasteiger charge is 2.29. The van der Waals surface area contributed by atoms with E-state index in [1.54, 1.807) is 11.3 Å². The number of carboxylic acid groups (broad SMARTS) is 1. The standard InChI is InChI=1S/C15H14ClNO2S/c16-10-4-1-3-9(7-10)8-13-17-14-11(15(18)19)5-2-6-12(14)20-13/h1,3-4,7,11H,2,5-6,8H2,(H,18,19). The van der Waals surface area contributed by atoms with Crippen LogP contribution in [-0.2, 0) is 17.6 Å². The Hall–Kier alpha value is -1.39. The molecule has 0 spiro atoms. The molecule has 0 fully saturated rings. The van der Waals surface area contributed by atoms with E-state index < -0.39 is 11.9 Å². The Labute approximate surface area is 126 Å². The molecule has 20 heavy (non-hydrogen) atoms. The topological polar surface area (TPSA) is 50.2 Å². The highest BCUT2D eigenvalue weighted by atomic mass is 35.5. The van der Waals surface area contributed by atoms with Crippen LogP contribution in [0.5, 0.6) is 0 Å². The third kappa shape index (κ3) is 2.72. The third-order valence-electron chi connectivity index (χ3n) is 3.54. The number of fused-ring (bicyclic) bond motifs is 1. The summed E-state index contributed by atoms with van der Waals surface area (Å²) in [7, 11) is 0. The van der Waals surface area contributed by atoms with Gasteiger partial charge in [-0.15, -0.1) is 11.3 Å². The van der Waals surface area contributed by atoms with Gasteiger partial charge < -0.3 is 5.11 Å². The Kier molecular flexibility index (Phi) is 3.76. The summed E-state index contributed by atoms with van der Waals surface area (Å²) in [5.74, 6) is -1.19. The molecule has 0 bridgehead atoms. The van der Waals surface area contributed by atoms with E-state index in [1.807, 2.05) is 24.3 Å². The lowest BCUT2D eigenvalue weighted by Crippen LogP contribution is -2.17. The van der Waals surface area contributed by atoms with Crippen molar-refractivity contribution in [2.24, 2.45) is 0 Å². The van der Waals surface area contributed by atoms with Crippen LogP contribution >= 0.6 is 22.9 Å². The van der Waals surface area contributed by atoms with E-state index in [0.29, 0.717) is 17.9 Å². The average Bonchev–Trinajstić information content (AvgIpc) is 2.80. The van der Waals surface area contributed by atoms with Gasteiger partial charge in [-0.1, -0.05) is 23.7 Å². The van der Waals surface area contributed by atoms with Crippen LogP contribution < -0.4 is 0 Å². The molecule has 0 amide bonds. The van der Waals surface area contributed by atoms with Gasteiger partial charge in [-0.2, -0.15) is 0 Å². The molecule has 1 aliphatic rings. The van der Waals surface area contributed by atoms with Gasteiger partial charge in [-0.3, -0.25) is 4.79 Å². The van der Waals surface area contributed by atoms with Crippen LogP contribution in [0.15, 0.2) is 24.3 Å². The van der Waals surface area contributed by atoms with Gasteiger partial charge >= 0.3 is 5.97 Å². The first-order valence-corrected chi connectivity index (χ1v) is 7.78.